The molecular formula is C13H20ClNO. The number of hydrogen-bond acceptors (Lipinski definition) is 2. The van der Waals surface area contributed by atoms with Gasteiger partial charge in [-0.3, -0.25) is 0 Å². The fourth-order valence-electron chi connectivity index (χ4n) is 1.59. The SMILES string of the molecule is COc1cc(C)c(C)cc1CNCCCCl. The first kappa shape index (κ1) is 13.3. The Balaban J connectivity index is 2.66. The highest BCUT2D eigenvalue weighted by Crippen LogP contribution is 2.22. The Morgan fingerprint density at radius 2 is 1.94 bits per heavy atom. The molecule has 1 aromatic rings. The Labute approximate surface area is 103 Å². The second-order valence-corrected chi connectivity index (χ2v) is 4.35. The highest BCUT2D eigenvalue weighted by Gasteiger charge is 2.05. The van der Waals surface area contributed by atoms with Crippen LogP contribution in [0.5, 0.6) is 5.75 Å². The lowest BCUT2D eigenvalue weighted by atomic mass is 10.0. The number of rotatable bonds is 6. The van der Waals surface area contributed by atoms with Crippen LogP contribution in [0.1, 0.15) is 23.1 Å². The second kappa shape index (κ2) is 6.77. The molecule has 0 aliphatic carbocycles. The lowest BCUT2D eigenvalue weighted by molar-refractivity contribution is 0.407. The summed E-state index contributed by atoms with van der Waals surface area (Å²) in [4.78, 5) is 0. The van der Waals surface area contributed by atoms with Gasteiger partial charge in [-0.2, -0.15) is 0 Å². The lowest BCUT2D eigenvalue weighted by Gasteiger charge is -2.12. The van der Waals surface area contributed by atoms with Crippen molar-refractivity contribution in [1.82, 2.24) is 5.32 Å². The normalized spacial score (nSPS) is 10.5. The third-order valence-electron chi connectivity index (χ3n) is 2.70. The van der Waals surface area contributed by atoms with Gasteiger partial charge >= 0.3 is 0 Å². The zero-order valence-electron chi connectivity index (χ0n) is 10.3. The summed E-state index contributed by atoms with van der Waals surface area (Å²) in [5, 5.41) is 3.36. The number of alkyl halides is 1. The Hall–Kier alpha value is -0.730. The number of methoxy groups -OCH3 is 1. The molecule has 1 aromatic carbocycles. The van der Waals surface area contributed by atoms with Gasteiger partial charge in [-0.1, -0.05) is 6.07 Å². The Morgan fingerprint density at radius 3 is 2.56 bits per heavy atom. The minimum Gasteiger partial charge on any atom is -0.496 e. The van der Waals surface area contributed by atoms with Crippen molar-refractivity contribution in [3.63, 3.8) is 0 Å². The standard InChI is InChI=1S/C13H20ClNO/c1-10-7-12(9-15-6-4-5-14)13(16-3)8-11(10)2/h7-8,15H,4-6,9H2,1-3H3. The topological polar surface area (TPSA) is 21.3 Å². The predicted molar refractivity (Wildman–Crippen MR) is 69.5 cm³/mol. The van der Waals surface area contributed by atoms with Crippen molar-refractivity contribution >= 4 is 11.6 Å². The maximum Gasteiger partial charge on any atom is 0.123 e. The van der Waals surface area contributed by atoms with E-state index in [0.717, 1.165) is 25.3 Å². The van der Waals surface area contributed by atoms with Crippen molar-refractivity contribution in [3.05, 3.63) is 28.8 Å². The van der Waals surface area contributed by atoms with Gasteiger partial charge in [0.2, 0.25) is 0 Å². The van der Waals surface area contributed by atoms with Crippen LogP contribution in [0.2, 0.25) is 0 Å². The van der Waals surface area contributed by atoms with E-state index in [4.69, 9.17) is 16.3 Å². The first-order valence-electron chi connectivity index (χ1n) is 5.59. The minimum absolute atomic E-state index is 0.705. The van der Waals surface area contributed by atoms with E-state index >= 15 is 0 Å². The van der Waals surface area contributed by atoms with Crippen LogP contribution in [0.15, 0.2) is 12.1 Å². The van der Waals surface area contributed by atoms with Crippen molar-refractivity contribution in [1.29, 1.82) is 0 Å². The molecule has 0 unspecified atom stereocenters. The van der Waals surface area contributed by atoms with Gasteiger partial charge in [0.05, 0.1) is 7.11 Å². The molecule has 0 radical (unpaired) electrons. The number of ether oxygens (including phenoxy) is 1. The fraction of sp³-hybridized carbons (Fsp3) is 0.538. The molecule has 0 saturated heterocycles. The van der Waals surface area contributed by atoms with Crippen LogP contribution < -0.4 is 10.1 Å². The highest BCUT2D eigenvalue weighted by molar-refractivity contribution is 6.17. The molecule has 0 aliphatic rings. The van der Waals surface area contributed by atoms with Crippen molar-refractivity contribution in [3.8, 4) is 5.75 Å². The molecule has 0 aromatic heterocycles. The van der Waals surface area contributed by atoms with Crippen LogP contribution in [0.4, 0.5) is 0 Å². The minimum atomic E-state index is 0.705. The van der Waals surface area contributed by atoms with E-state index in [1.807, 2.05) is 0 Å². The third kappa shape index (κ3) is 3.69. The van der Waals surface area contributed by atoms with Crippen LogP contribution in [-0.2, 0) is 6.54 Å². The van der Waals surface area contributed by atoms with E-state index < -0.39 is 0 Å². The molecule has 0 heterocycles. The molecular weight excluding hydrogens is 222 g/mol. The zero-order valence-corrected chi connectivity index (χ0v) is 11.0. The zero-order chi connectivity index (χ0) is 12.0. The molecule has 0 atom stereocenters. The number of nitrogens with one attached hydrogen (secondary N) is 1. The molecule has 0 bridgehead atoms. The van der Waals surface area contributed by atoms with E-state index in [1.165, 1.54) is 16.7 Å². The number of benzene rings is 1. The maximum atomic E-state index is 5.62. The monoisotopic (exact) mass is 241 g/mol. The van der Waals surface area contributed by atoms with Crippen LogP contribution in [0, 0.1) is 13.8 Å². The lowest BCUT2D eigenvalue weighted by Crippen LogP contribution is -2.15. The van der Waals surface area contributed by atoms with Gasteiger partial charge in [0.15, 0.2) is 0 Å². The molecule has 90 valence electrons. The number of halogens is 1. The molecule has 0 saturated carbocycles. The summed E-state index contributed by atoms with van der Waals surface area (Å²) in [6.45, 7) is 6.00. The summed E-state index contributed by atoms with van der Waals surface area (Å²) in [6.07, 6.45) is 0.995. The van der Waals surface area contributed by atoms with E-state index in [0.29, 0.717) is 5.88 Å². The summed E-state index contributed by atoms with van der Waals surface area (Å²) in [5.41, 5.74) is 3.77. The highest BCUT2D eigenvalue weighted by atomic mass is 35.5. The van der Waals surface area contributed by atoms with Crippen LogP contribution in [-0.4, -0.2) is 19.5 Å². The molecule has 0 aliphatic heterocycles. The Morgan fingerprint density at radius 1 is 1.25 bits per heavy atom. The van der Waals surface area contributed by atoms with E-state index in [-0.39, 0.29) is 0 Å². The second-order valence-electron chi connectivity index (χ2n) is 3.97. The van der Waals surface area contributed by atoms with E-state index in [2.05, 4.69) is 31.3 Å². The van der Waals surface area contributed by atoms with Gasteiger partial charge in [0, 0.05) is 18.0 Å². The van der Waals surface area contributed by atoms with Gasteiger partial charge < -0.3 is 10.1 Å². The van der Waals surface area contributed by atoms with Gasteiger partial charge in [-0.05, 0) is 44.0 Å². The average molecular weight is 242 g/mol. The first-order chi connectivity index (χ1) is 7.69. The van der Waals surface area contributed by atoms with Crippen LogP contribution in [0.3, 0.4) is 0 Å². The van der Waals surface area contributed by atoms with Crippen molar-refractivity contribution in [2.45, 2.75) is 26.8 Å². The molecule has 1 N–H and O–H groups in total. The Kier molecular flexibility index (Phi) is 5.64. The summed E-state index contributed by atoms with van der Waals surface area (Å²) >= 11 is 5.62. The molecule has 16 heavy (non-hydrogen) atoms. The average Bonchev–Trinajstić information content (AvgIpc) is 2.28. The van der Waals surface area contributed by atoms with Crippen molar-refractivity contribution < 1.29 is 4.74 Å². The summed E-state index contributed by atoms with van der Waals surface area (Å²) in [7, 11) is 1.71. The summed E-state index contributed by atoms with van der Waals surface area (Å²) in [6, 6.07) is 4.27. The van der Waals surface area contributed by atoms with Gasteiger partial charge in [0.1, 0.15) is 5.75 Å². The molecule has 2 nitrogen and oxygen atoms in total. The van der Waals surface area contributed by atoms with Crippen LogP contribution in [0.25, 0.3) is 0 Å². The first-order valence-corrected chi connectivity index (χ1v) is 6.13. The number of hydrogen-bond donors (Lipinski definition) is 1. The molecule has 0 amide bonds. The third-order valence-corrected chi connectivity index (χ3v) is 2.97. The molecule has 1 rings (SSSR count). The predicted octanol–water partition coefficient (Wildman–Crippen LogP) is 3.03. The van der Waals surface area contributed by atoms with Crippen molar-refractivity contribution in [2.75, 3.05) is 19.5 Å². The summed E-state index contributed by atoms with van der Waals surface area (Å²) in [5.74, 6) is 1.67. The number of aryl methyl sites for hydroxylation is 2. The quantitative estimate of drug-likeness (QED) is 0.611. The smallest absolute Gasteiger partial charge is 0.123 e. The molecule has 0 fully saturated rings. The molecule has 3 heteroatoms. The van der Waals surface area contributed by atoms with Crippen LogP contribution >= 0.6 is 11.6 Å². The summed E-state index contributed by atoms with van der Waals surface area (Å²) < 4.78 is 5.37. The van der Waals surface area contributed by atoms with Gasteiger partial charge in [-0.25, -0.2) is 0 Å². The van der Waals surface area contributed by atoms with Gasteiger partial charge in [-0.15, -0.1) is 11.6 Å². The van der Waals surface area contributed by atoms with Gasteiger partial charge in [0.25, 0.3) is 0 Å². The fourth-order valence-corrected chi connectivity index (χ4v) is 1.73. The largest absolute Gasteiger partial charge is 0.496 e. The van der Waals surface area contributed by atoms with Crippen molar-refractivity contribution in [2.24, 2.45) is 0 Å². The van der Waals surface area contributed by atoms with E-state index in [9.17, 15) is 0 Å². The maximum absolute atomic E-state index is 5.62. The Bertz CT molecular complexity index is 339. The van der Waals surface area contributed by atoms with E-state index in [1.54, 1.807) is 7.11 Å². The molecule has 0 spiro atoms.